The van der Waals surface area contributed by atoms with Gasteiger partial charge in [0.05, 0.1) is 22.8 Å². The van der Waals surface area contributed by atoms with Gasteiger partial charge in [-0.1, -0.05) is 109 Å². The molecule has 1 aliphatic heterocycles. The molecule has 3 heterocycles. The number of aromatic nitrogens is 2. The Balaban J connectivity index is 1.20. The maximum Gasteiger partial charge on any atom is 0.0875 e. The molecule has 9 rings (SSSR count). The summed E-state index contributed by atoms with van der Waals surface area (Å²) in [7, 11) is 0. The fourth-order valence-corrected chi connectivity index (χ4v) is 7.09. The molecule has 0 saturated carbocycles. The Morgan fingerprint density at radius 1 is 0.609 bits per heavy atom. The van der Waals surface area contributed by atoms with E-state index in [4.69, 9.17) is 0 Å². The lowest BCUT2D eigenvalue weighted by atomic mass is 9.98. The van der Waals surface area contributed by atoms with E-state index in [1.54, 1.807) is 0 Å². The molecule has 0 amide bonds. The van der Waals surface area contributed by atoms with Gasteiger partial charge in [0.2, 0.25) is 0 Å². The number of benzene rings is 6. The highest BCUT2D eigenvalue weighted by atomic mass is 15.0. The van der Waals surface area contributed by atoms with Gasteiger partial charge >= 0.3 is 0 Å². The lowest BCUT2D eigenvalue weighted by molar-refractivity contribution is 0.730. The maximum atomic E-state index is 4.67. The zero-order valence-electron chi connectivity index (χ0n) is 25.5. The standard InChI is InChI=1S/C43H31N3/c1-28-9-8-24-44-42(28)40-15-7-14-39(45-40)34-20-21-36-33(26-34)19-23-38-37-22-18-32(31-17-16-29-10-5-6-11-30(29)25-31)27-41(37)46(43(36)38)35-12-3-2-4-13-35/h2-27,40,45H,1H3. The van der Waals surface area contributed by atoms with Crippen molar-refractivity contribution in [2.24, 2.45) is 0 Å². The third kappa shape index (κ3) is 4.32. The second-order valence-corrected chi connectivity index (χ2v) is 12.2. The molecule has 1 N–H and O–H groups in total. The Hall–Kier alpha value is -5.93. The molecule has 0 spiro atoms. The fraction of sp³-hybridized carbons (Fsp3) is 0.0465. The van der Waals surface area contributed by atoms with E-state index in [-0.39, 0.29) is 6.04 Å². The molecule has 218 valence electrons. The Morgan fingerprint density at radius 2 is 1.33 bits per heavy atom. The molecule has 0 fully saturated rings. The van der Waals surface area contributed by atoms with Gasteiger partial charge in [-0.05, 0) is 87.8 Å². The predicted molar refractivity (Wildman–Crippen MR) is 193 cm³/mol. The molecule has 0 bridgehead atoms. The molecular weight excluding hydrogens is 558 g/mol. The summed E-state index contributed by atoms with van der Waals surface area (Å²) >= 11 is 0. The smallest absolute Gasteiger partial charge is 0.0875 e. The highest BCUT2D eigenvalue weighted by Gasteiger charge is 2.19. The zero-order chi connectivity index (χ0) is 30.6. The summed E-state index contributed by atoms with van der Waals surface area (Å²) in [5.74, 6) is 0. The van der Waals surface area contributed by atoms with Crippen LogP contribution in [-0.4, -0.2) is 9.55 Å². The van der Waals surface area contributed by atoms with Gasteiger partial charge in [-0.25, -0.2) is 0 Å². The topological polar surface area (TPSA) is 29.9 Å². The number of pyridine rings is 1. The van der Waals surface area contributed by atoms with Crippen molar-refractivity contribution in [3.63, 3.8) is 0 Å². The van der Waals surface area contributed by atoms with Crippen LogP contribution in [0.5, 0.6) is 0 Å². The largest absolute Gasteiger partial charge is 0.373 e. The lowest BCUT2D eigenvalue weighted by Crippen LogP contribution is -2.22. The summed E-state index contributed by atoms with van der Waals surface area (Å²) in [5, 5.41) is 11.2. The van der Waals surface area contributed by atoms with E-state index in [1.807, 2.05) is 12.3 Å². The highest BCUT2D eigenvalue weighted by molar-refractivity contribution is 6.19. The van der Waals surface area contributed by atoms with E-state index in [0.29, 0.717) is 0 Å². The fourth-order valence-electron chi connectivity index (χ4n) is 7.09. The van der Waals surface area contributed by atoms with Crippen molar-refractivity contribution in [2.75, 3.05) is 0 Å². The van der Waals surface area contributed by atoms with Crippen molar-refractivity contribution in [1.82, 2.24) is 14.9 Å². The molecule has 46 heavy (non-hydrogen) atoms. The highest BCUT2D eigenvalue weighted by Crippen LogP contribution is 2.39. The van der Waals surface area contributed by atoms with Gasteiger partial charge in [0.25, 0.3) is 0 Å². The normalized spacial score (nSPS) is 14.6. The number of rotatable bonds is 4. The summed E-state index contributed by atoms with van der Waals surface area (Å²) in [5.41, 5.74) is 10.5. The minimum atomic E-state index is 0.0387. The van der Waals surface area contributed by atoms with E-state index >= 15 is 0 Å². The van der Waals surface area contributed by atoms with Gasteiger partial charge in [-0.3, -0.25) is 4.98 Å². The third-order valence-corrected chi connectivity index (χ3v) is 9.37. The summed E-state index contributed by atoms with van der Waals surface area (Å²) < 4.78 is 2.44. The molecule has 0 aliphatic carbocycles. The summed E-state index contributed by atoms with van der Waals surface area (Å²) in [6, 6.07) is 48.5. The second-order valence-electron chi connectivity index (χ2n) is 12.2. The molecule has 2 aromatic heterocycles. The Bertz CT molecular complexity index is 2520. The molecule has 1 unspecified atom stereocenters. The van der Waals surface area contributed by atoms with Gasteiger partial charge in [0.1, 0.15) is 0 Å². The van der Waals surface area contributed by atoms with E-state index in [9.17, 15) is 0 Å². The van der Waals surface area contributed by atoms with Crippen LogP contribution in [-0.2, 0) is 0 Å². The molecule has 1 atom stereocenters. The van der Waals surface area contributed by atoms with Crippen LogP contribution >= 0.6 is 0 Å². The Kier molecular flexibility index (Phi) is 6.10. The van der Waals surface area contributed by atoms with Crippen molar-refractivity contribution in [1.29, 1.82) is 0 Å². The van der Waals surface area contributed by atoms with Crippen LogP contribution in [0.25, 0.3) is 65.9 Å². The number of fused-ring (bicyclic) bond motifs is 6. The van der Waals surface area contributed by atoms with Crippen molar-refractivity contribution in [3.8, 4) is 16.8 Å². The first kappa shape index (κ1) is 26.5. The van der Waals surface area contributed by atoms with E-state index < -0.39 is 0 Å². The van der Waals surface area contributed by atoms with Crippen molar-refractivity contribution in [3.05, 3.63) is 175 Å². The van der Waals surface area contributed by atoms with Crippen LogP contribution in [0.3, 0.4) is 0 Å². The lowest BCUT2D eigenvalue weighted by Gasteiger charge is -2.23. The zero-order valence-corrected chi connectivity index (χ0v) is 25.5. The second kappa shape index (κ2) is 10.6. The van der Waals surface area contributed by atoms with Crippen LogP contribution < -0.4 is 5.32 Å². The number of allylic oxidation sites excluding steroid dienone is 2. The van der Waals surface area contributed by atoms with Crippen LogP contribution in [0.15, 0.2) is 158 Å². The average molecular weight is 590 g/mol. The number of nitrogens with zero attached hydrogens (tertiary/aromatic N) is 2. The number of hydrogen-bond acceptors (Lipinski definition) is 2. The van der Waals surface area contributed by atoms with Crippen molar-refractivity contribution in [2.45, 2.75) is 13.0 Å². The quantitative estimate of drug-likeness (QED) is 0.221. The van der Waals surface area contributed by atoms with Crippen LogP contribution in [0.2, 0.25) is 0 Å². The van der Waals surface area contributed by atoms with Gasteiger partial charge in [-0.2, -0.15) is 0 Å². The molecule has 8 aromatic rings. The monoisotopic (exact) mass is 589 g/mol. The molecule has 3 heteroatoms. The van der Waals surface area contributed by atoms with Gasteiger partial charge in [0.15, 0.2) is 0 Å². The SMILES string of the molecule is Cc1cccnc1C1C=CC=C(c2ccc3c(ccc4c5ccc(-c6ccc7ccccc7c6)cc5n(-c5ccccc5)c34)c2)N1. The van der Waals surface area contributed by atoms with Crippen molar-refractivity contribution >= 4 is 49.0 Å². The summed E-state index contributed by atoms with van der Waals surface area (Å²) in [6.07, 6.45) is 8.34. The third-order valence-electron chi connectivity index (χ3n) is 9.37. The molecule has 3 nitrogen and oxygen atoms in total. The van der Waals surface area contributed by atoms with Crippen LogP contribution in [0, 0.1) is 6.92 Å². The number of dihydropyridines is 1. The molecule has 1 aliphatic rings. The molecular formula is C43H31N3. The van der Waals surface area contributed by atoms with Crippen molar-refractivity contribution < 1.29 is 0 Å². The molecule has 0 radical (unpaired) electrons. The number of para-hydroxylation sites is 1. The number of hydrogen-bond donors (Lipinski definition) is 1. The van der Waals surface area contributed by atoms with E-state index in [0.717, 1.165) is 22.6 Å². The summed E-state index contributed by atoms with van der Waals surface area (Å²) in [6.45, 7) is 2.12. The van der Waals surface area contributed by atoms with E-state index in [1.165, 1.54) is 60.0 Å². The first-order valence-corrected chi connectivity index (χ1v) is 15.8. The Labute approximate surface area is 267 Å². The average Bonchev–Trinajstić information content (AvgIpc) is 3.46. The number of aryl methyl sites for hydroxylation is 1. The van der Waals surface area contributed by atoms with Crippen LogP contribution in [0.4, 0.5) is 0 Å². The molecule has 6 aromatic carbocycles. The summed E-state index contributed by atoms with van der Waals surface area (Å²) in [4.78, 5) is 4.67. The first-order chi connectivity index (χ1) is 22.7. The van der Waals surface area contributed by atoms with Gasteiger partial charge < -0.3 is 9.88 Å². The first-order valence-electron chi connectivity index (χ1n) is 15.8. The maximum absolute atomic E-state index is 4.67. The minimum Gasteiger partial charge on any atom is -0.373 e. The van der Waals surface area contributed by atoms with E-state index in [2.05, 4.69) is 167 Å². The predicted octanol–water partition coefficient (Wildman–Crippen LogP) is 10.7. The van der Waals surface area contributed by atoms with Gasteiger partial charge in [0, 0.05) is 33.7 Å². The minimum absolute atomic E-state index is 0.0387. The Morgan fingerprint density at radius 3 is 2.22 bits per heavy atom. The number of nitrogens with one attached hydrogen (secondary N) is 1. The van der Waals surface area contributed by atoms with Gasteiger partial charge in [-0.15, -0.1) is 0 Å². The molecule has 0 saturated heterocycles. The van der Waals surface area contributed by atoms with Crippen LogP contribution in [0.1, 0.15) is 22.9 Å².